The molecule has 2 heterocycles. The molecule has 0 aliphatic rings. The summed E-state index contributed by atoms with van der Waals surface area (Å²) >= 11 is 7.51. The molecule has 3 rings (SSSR count). The molecule has 0 fully saturated rings. The molecule has 0 saturated carbocycles. The molecule has 2 aromatic heterocycles. The van der Waals surface area contributed by atoms with E-state index in [0.717, 1.165) is 0 Å². The molecule has 0 spiro atoms. The van der Waals surface area contributed by atoms with Gasteiger partial charge in [-0.25, -0.2) is 4.79 Å². The van der Waals surface area contributed by atoms with Crippen molar-refractivity contribution in [3.8, 4) is 11.1 Å². The molecule has 7 heteroatoms. The van der Waals surface area contributed by atoms with Crippen molar-refractivity contribution in [3.63, 3.8) is 0 Å². The van der Waals surface area contributed by atoms with Crippen LogP contribution in [0.4, 0.5) is 5.00 Å². The van der Waals surface area contributed by atoms with Gasteiger partial charge in [-0.3, -0.25) is 4.79 Å². The minimum absolute atomic E-state index is 0.225. The van der Waals surface area contributed by atoms with E-state index >= 15 is 0 Å². The quantitative estimate of drug-likeness (QED) is 0.438. The average molecular weight is 402 g/mol. The monoisotopic (exact) mass is 401 g/mol. The second-order valence-electron chi connectivity index (χ2n) is 5.39. The first kappa shape index (κ1) is 18.9. The summed E-state index contributed by atoms with van der Waals surface area (Å²) in [5, 5.41) is 5.42. The fourth-order valence-electron chi connectivity index (χ4n) is 2.43. The average Bonchev–Trinajstić information content (AvgIpc) is 3.30. The predicted octanol–water partition coefficient (Wildman–Crippen LogP) is 5.49. The second-order valence-corrected chi connectivity index (χ2v) is 6.68. The van der Waals surface area contributed by atoms with Gasteiger partial charge in [0.1, 0.15) is 16.3 Å². The molecule has 1 N–H and O–H groups in total. The van der Waals surface area contributed by atoms with Crippen molar-refractivity contribution in [3.05, 3.63) is 70.5 Å². The highest BCUT2D eigenvalue weighted by molar-refractivity contribution is 7.15. The van der Waals surface area contributed by atoms with Crippen LogP contribution in [0.5, 0.6) is 0 Å². The number of hydrogen-bond acceptors (Lipinski definition) is 5. The number of carbonyl (C=O) groups excluding carboxylic acids is 2. The van der Waals surface area contributed by atoms with Crippen molar-refractivity contribution in [1.82, 2.24) is 0 Å². The number of esters is 1. The van der Waals surface area contributed by atoms with Crippen LogP contribution < -0.4 is 5.32 Å². The molecule has 0 radical (unpaired) electrons. The Bertz CT molecular complexity index is 976. The Hall–Kier alpha value is -2.83. The number of carbonyl (C=O) groups is 2. The summed E-state index contributed by atoms with van der Waals surface area (Å²) in [7, 11) is 0. The van der Waals surface area contributed by atoms with E-state index in [1.165, 1.54) is 23.7 Å². The van der Waals surface area contributed by atoms with E-state index in [1.54, 1.807) is 36.6 Å². The maximum Gasteiger partial charge on any atom is 0.341 e. The number of thiophene rings is 1. The topological polar surface area (TPSA) is 68.5 Å². The number of amides is 1. The van der Waals surface area contributed by atoms with Crippen LogP contribution in [0.2, 0.25) is 5.02 Å². The fraction of sp³-hybridized carbons (Fsp3) is 0.100. The van der Waals surface area contributed by atoms with E-state index in [9.17, 15) is 9.59 Å². The van der Waals surface area contributed by atoms with Crippen molar-refractivity contribution in [2.24, 2.45) is 0 Å². The first-order valence-corrected chi connectivity index (χ1v) is 9.42. The summed E-state index contributed by atoms with van der Waals surface area (Å²) in [6.45, 7) is 1.95. The van der Waals surface area contributed by atoms with Crippen molar-refractivity contribution >= 4 is 45.9 Å². The van der Waals surface area contributed by atoms with Crippen LogP contribution >= 0.6 is 22.9 Å². The number of anilines is 1. The van der Waals surface area contributed by atoms with Gasteiger partial charge in [0.25, 0.3) is 0 Å². The Balaban J connectivity index is 1.92. The normalized spacial score (nSPS) is 10.9. The predicted molar refractivity (Wildman–Crippen MR) is 107 cm³/mol. The molecule has 0 unspecified atom stereocenters. The maximum atomic E-state index is 12.5. The summed E-state index contributed by atoms with van der Waals surface area (Å²) in [5.74, 6) is -0.345. The van der Waals surface area contributed by atoms with Gasteiger partial charge in [0.15, 0.2) is 0 Å². The summed E-state index contributed by atoms with van der Waals surface area (Å²) in [6, 6.07) is 10.7. The van der Waals surface area contributed by atoms with Crippen LogP contribution in [0.15, 0.2) is 58.5 Å². The van der Waals surface area contributed by atoms with Crippen LogP contribution in [0.25, 0.3) is 17.2 Å². The number of rotatable bonds is 6. The molecule has 5 nitrogen and oxygen atoms in total. The van der Waals surface area contributed by atoms with Crippen LogP contribution in [0.3, 0.4) is 0 Å². The van der Waals surface area contributed by atoms with E-state index in [2.05, 4.69) is 5.32 Å². The Morgan fingerprint density at radius 1 is 1.22 bits per heavy atom. The zero-order valence-corrected chi connectivity index (χ0v) is 16.0. The molecule has 1 amide bonds. The third-order valence-electron chi connectivity index (χ3n) is 3.61. The Morgan fingerprint density at radius 3 is 2.74 bits per heavy atom. The Kier molecular flexibility index (Phi) is 6.11. The lowest BCUT2D eigenvalue weighted by Crippen LogP contribution is -2.12. The van der Waals surface area contributed by atoms with E-state index < -0.39 is 5.97 Å². The first-order valence-electron chi connectivity index (χ1n) is 8.16. The zero-order chi connectivity index (χ0) is 19.2. The van der Waals surface area contributed by atoms with Gasteiger partial charge in [-0.15, -0.1) is 11.3 Å². The van der Waals surface area contributed by atoms with Gasteiger partial charge >= 0.3 is 5.97 Å². The van der Waals surface area contributed by atoms with Gasteiger partial charge in [-0.2, -0.15) is 0 Å². The SMILES string of the molecule is CCOC(=O)c1c(-c2ccccc2Cl)csc1NC(=O)/C=C/c1ccco1. The third kappa shape index (κ3) is 4.48. The first-order chi connectivity index (χ1) is 13.1. The lowest BCUT2D eigenvalue weighted by atomic mass is 10.0. The van der Waals surface area contributed by atoms with Gasteiger partial charge in [0.05, 0.1) is 12.9 Å². The maximum absolute atomic E-state index is 12.5. The molecule has 27 heavy (non-hydrogen) atoms. The number of nitrogens with one attached hydrogen (secondary N) is 1. The summed E-state index contributed by atoms with van der Waals surface area (Å²) in [5.41, 5.74) is 1.61. The number of furan rings is 1. The lowest BCUT2D eigenvalue weighted by Gasteiger charge is -2.08. The molecule has 0 saturated heterocycles. The van der Waals surface area contributed by atoms with E-state index in [1.807, 2.05) is 18.2 Å². The molecule has 138 valence electrons. The fourth-order valence-corrected chi connectivity index (χ4v) is 3.62. The van der Waals surface area contributed by atoms with E-state index in [0.29, 0.717) is 26.9 Å². The smallest absolute Gasteiger partial charge is 0.341 e. The van der Waals surface area contributed by atoms with E-state index in [4.69, 9.17) is 20.8 Å². The number of ether oxygens (including phenoxy) is 1. The highest BCUT2D eigenvalue weighted by atomic mass is 35.5. The molecule has 0 bridgehead atoms. The van der Waals surface area contributed by atoms with Crippen LogP contribution in [0, 0.1) is 0 Å². The molecule has 0 aliphatic heterocycles. The highest BCUT2D eigenvalue weighted by Crippen LogP contribution is 2.39. The van der Waals surface area contributed by atoms with Crippen LogP contribution in [-0.4, -0.2) is 18.5 Å². The standard InChI is InChI=1S/C20H16ClNO4S/c1-2-25-20(24)18-15(14-7-3-4-8-16(14)21)12-27-19(18)22-17(23)10-9-13-6-5-11-26-13/h3-12H,2H2,1H3,(H,22,23)/b10-9+. The molecular weight excluding hydrogens is 386 g/mol. The van der Waals surface area contributed by atoms with Crippen LogP contribution in [-0.2, 0) is 9.53 Å². The van der Waals surface area contributed by atoms with Crippen molar-refractivity contribution in [1.29, 1.82) is 0 Å². The molecular formula is C20H16ClNO4S. The number of hydrogen-bond donors (Lipinski definition) is 1. The van der Waals surface area contributed by atoms with Crippen molar-refractivity contribution < 1.29 is 18.7 Å². The number of benzene rings is 1. The minimum atomic E-state index is -0.515. The molecule has 1 aromatic carbocycles. The zero-order valence-electron chi connectivity index (χ0n) is 14.4. The molecule has 0 atom stereocenters. The largest absolute Gasteiger partial charge is 0.465 e. The summed E-state index contributed by atoms with van der Waals surface area (Å²) in [4.78, 5) is 24.8. The molecule has 0 aliphatic carbocycles. The Morgan fingerprint density at radius 2 is 2.04 bits per heavy atom. The highest BCUT2D eigenvalue weighted by Gasteiger charge is 2.23. The Labute approximate surface area is 165 Å². The van der Waals surface area contributed by atoms with E-state index in [-0.39, 0.29) is 18.1 Å². The third-order valence-corrected chi connectivity index (χ3v) is 4.84. The van der Waals surface area contributed by atoms with Gasteiger partial charge in [-0.1, -0.05) is 29.8 Å². The van der Waals surface area contributed by atoms with Gasteiger partial charge < -0.3 is 14.5 Å². The van der Waals surface area contributed by atoms with Gasteiger partial charge in [0.2, 0.25) is 5.91 Å². The van der Waals surface area contributed by atoms with Crippen molar-refractivity contribution in [2.45, 2.75) is 6.92 Å². The molecule has 3 aromatic rings. The van der Waals surface area contributed by atoms with Gasteiger partial charge in [-0.05, 0) is 31.2 Å². The van der Waals surface area contributed by atoms with Crippen LogP contribution in [0.1, 0.15) is 23.0 Å². The lowest BCUT2D eigenvalue weighted by molar-refractivity contribution is -0.111. The van der Waals surface area contributed by atoms with Gasteiger partial charge in [0, 0.05) is 27.6 Å². The number of halogens is 1. The second kappa shape index (κ2) is 8.70. The van der Waals surface area contributed by atoms with Crippen molar-refractivity contribution in [2.75, 3.05) is 11.9 Å². The summed E-state index contributed by atoms with van der Waals surface area (Å²) in [6.07, 6.45) is 4.40. The minimum Gasteiger partial charge on any atom is -0.465 e. The summed E-state index contributed by atoms with van der Waals surface area (Å²) < 4.78 is 10.3.